The third kappa shape index (κ3) is 1.69. The summed E-state index contributed by atoms with van der Waals surface area (Å²) in [4.78, 5) is 10.8. The zero-order valence-electron chi connectivity index (χ0n) is 7.40. The Morgan fingerprint density at radius 1 is 1.21 bits per heavy atom. The molecule has 4 heteroatoms. The summed E-state index contributed by atoms with van der Waals surface area (Å²) >= 11 is 0. The Kier molecular flexibility index (Phi) is 2.74. The molecule has 0 saturated carbocycles. The number of hydrogen-bond acceptors (Lipinski definition) is 1. The minimum atomic E-state index is -1.38. The molecule has 1 nitrogen and oxygen atoms in total. The molecule has 0 heterocycles. The third-order valence-corrected chi connectivity index (χ3v) is 1.77. The van der Waals surface area contributed by atoms with Crippen LogP contribution in [0.1, 0.15) is 12.5 Å². The molecule has 1 aromatic rings. The summed E-state index contributed by atoms with van der Waals surface area (Å²) in [6.07, 6.45) is 0. The molecular weight excluding hydrogens is 193 g/mol. The quantitative estimate of drug-likeness (QED) is 0.530. The zero-order valence-corrected chi connectivity index (χ0v) is 7.40. The highest BCUT2D eigenvalue weighted by atomic mass is 19.2. The van der Waals surface area contributed by atoms with Crippen LogP contribution in [0.5, 0.6) is 0 Å². The number of halogens is 3. The van der Waals surface area contributed by atoms with E-state index in [4.69, 9.17) is 0 Å². The van der Waals surface area contributed by atoms with Gasteiger partial charge in [-0.1, -0.05) is 6.58 Å². The fourth-order valence-corrected chi connectivity index (χ4v) is 0.980. The van der Waals surface area contributed by atoms with Crippen molar-refractivity contribution in [2.45, 2.75) is 6.92 Å². The molecule has 0 N–H and O–H groups in total. The fraction of sp³-hybridized carbons (Fsp3) is 0.100. The number of ketones is 1. The van der Waals surface area contributed by atoms with Crippen molar-refractivity contribution in [1.29, 1.82) is 0 Å². The maximum Gasteiger partial charge on any atom is 0.169 e. The van der Waals surface area contributed by atoms with E-state index in [1.807, 2.05) is 0 Å². The molecule has 0 aliphatic heterocycles. The van der Waals surface area contributed by atoms with Gasteiger partial charge < -0.3 is 0 Å². The molecule has 0 radical (unpaired) electrons. The van der Waals surface area contributed by atoms with Gasteiger partial charge in [-0.3, -0.25) is 4.79 Å². The van der Waals surface area contributed by atoms with E-state index >= 15 is 0 Å². The van der Waals surface area contributed by atoms with Crippen LogP contribution >= 0.6 is 0 Å². The first kappa shape index (κ1) is 10.5. The van der Waals surface area contributed by atoms with Crippen LogP contribution in [0.15, 0.2) is 18.7 Å². The third-order valence-electron chi connectivity index (χ3n) is 1.77. The van der Waals surface area contributed by atoms with Crippen LogP contribution in [0, 0.1) is 17.5 Å². The monoisotopic (exact) mass is 200 g/mol. The molecule has 0 fully saturated rings. The Hall–Kier alpha value is -1.58. The summed E-state index contributed by atoms with van der Waals surface area (Å²) in [5.74, 6) is -4.19. The van der Waals surface area contributed by atoms with Gasteiger partial charge in [-0.05, 0) is 19.1 Å². The lowest BCUT2D eigenvalue weighted by molar-refractivity contribution is -0.111. The first-order valence-corrected chi connectivity index (χ1v) is 3.79. The van der Waals surface area contributed by atoms with Crippen LogP contribution in [-0.4, -0.2) is 5.78 Å². The van der Waals surface area contributed by atoms with Gasteiger partial charge in [0.25, 0.3) is 0 Å². The van der Waals surface area contributed by atoms with E-state index in [9.17, 15) is 18.0 Å². The molecule has 1 aromatic carbocycles. The highest BCUT2D eigenvalue weighted by Gasteiger charge is 2.18. The molecule has 0 aliphatic rings. The molecule has 0 unspecified atom stereocenters. The second kappa shape index (κ2) is 3.65. The molecule has 0 amide bonds. The molecule has 0 bridgehead atoms. The van der Waals surface area contributed by atoms with Crippen molar-refractivity contribution < 1.29 is 18.0 Å². The largest absolute Gasteiger partial charge is 0.295 e. The number of carbonyl (C=O) groups excluding carboxylic acids is 1. The standard InChI is InChI=1S/C10H7F3O/c1-5(6(2)14)9-7(11)3-4-8(12)10(9)13/h3-4H,1H2,2H3. The highest BCUT2D eigenvalue weighted by Crippen LogP contribution is 2.22. The average Bonchev–Trinajstić information content (AvgIpc) is 2.12. The molecule has 0 aliphatic carbocycles. The Morgan fingerprint density at radius 2 is 1.71 bits per heavy atom. The lowest BCUT2D eigenvalue weighted by Crippen LogP contribution is -2.02. The molecule has 0 saturated heterocycles. The number of Topliss-reactive ketones (excluding diaryl/α,β-unsaturated/α-hetero) is 1. The maximum atomic E-state index is 13.0. The van der Waals surface area contributed by atoms with Crippen LogP contribution < -0.4 is 0 Å². The zero-order chi connectivity index (χ0) is 10.9. The van der Waals surface area contributed by atoms with Crippen LogP contribution in [-0.2, 0) is 4.79 Å². The predicted molar refractivity (Wildman–Crippen MR) is 46.0 cm³/mol. The van der Waals surface area contributed by atoms with E-state index in [0.29, 0.717) is 6.07 Å². The molecular formula is C10H7F3O. The van der Waals surface area contributed by atoms with Crippen molar-refractivity contribution in [3.8, 4) is 0 Å². The first-order chi connectivity index (χ1) is 6.45. The van der Waals surface area contributed by atoms with E-state index in [1.165, 1.54) is 0 Å². The maximum absolute atomic E-state index is 13.0. The Labute approximate surface area is 78.9 Å². The van der Waals surface area contributed by atoms with Gasteiger partial charge in [0, 0.05) is 5.57 Å². The van der Waals surface area contributed by atoms with Crippen LogP contribution in [0.2, 0.25) is 0 Å². The SMILES string of the molecule is C=C(C(C)=O)c1c(F)ccc(F)c1F. The van der Waals surface area contributed by atoms with Crippen molar-refractivity contribution in [1.82, 2.24) is 0 Å². The number of hydrogen-bond donors (Lipinski definition) is 0. The topological polar surface area (TPSA) is 17.1 Å². The van der Waals surface area contributed by atoms with Crippen molar-refractivity contribution in [3.63, 3.8) is 0 Å². The molecule has 1 rings (SSSR count). The number of benzene rings is 1. The lowest BCUT2D eigenvalue weighted by atomic mass is 10.0. The van der Waals surface area contributed by atoms with E-state index in [-0.39, 0.29) is 5.57 Å². The van der Waals surface area contributed by atoms with Gasteiger partial charge in [-0.15, -0.1) is 0 Å². The number of carbonyl (C=O) groups is 1. The van der Waals surface area contributed by atoms with Crippen molar-refractivity contribution >= 4 is 11.4 Å². The molecule has 0 spiro atoms. The van der Waals surface area contributed by atoms with E-state index in [2.05, 4.69) is 6.58 Å². The summed E-state index contributed by atoms with van der Waals surface area (Å²) in [5, 5.41) is 0. The fourth-order valence-electron chi connectivity index (χ4n) is 0.980. The number of rotatable bonds is 2. The summed E-state index contributed by atoms with van der Waals surface area (Å²) in [7, 11) is 0. The predicted octanol–water partition coefficient (Wildman–Crippen LogP) is 2.71. The summed E-state index contributed by atoms with van der Waals surface area (Å²) in [6, 6.07) is 1.41. The van der Waals surface area contributed by atoms with Gasteiger partial charge in [0.1, 0.15) is 5.82 Å². The van der Waals surface area contributed by atoms with Gasteiger partial charge >= 0.3 is 0 Å². The molecule has 0 atom stereocenters. The average molecular weight is 200 g/mol. The smallest absolute Gasteiger partial charge is 0.169 e. The van der Waals surface area contributed by atoms with Crippen molar-refractivity contribution in [2.24, 2.45) is 0 Å². The van der Waals surface area contributed by atoms with Crippen molar-refractivity contribution in [3.05, 3.63) is 41.7 Å². The van der Waals surface area contributed by atoms with E-state index < -0.39 is 28.8 Å². The summed E-state index contributed by atoms with van der Waals surface area (Å²) < 4.78 is 38.8. The van der Waals surface area contributed by atoms with Gasteiger partial charge in [0.15, 0.2) is 17.4 Å². The van der Waals surface area contributed by atoms with Crippen molar-refractivity contribution in [2.75, 3.05) is 0 Å². The Bertz CT molecular complexity index is 410. The summed E-state index contributed by atoms with van der Waals surface area (Å²) in [5.41, 5.74) is -1.07. The van der Waals surface area contributed by atoms with Crippen LogP contribution in [0.4, 0.5) is 13.2 Å². The van der Waals surface area contributed by atoms with Gasteiger partial charge in [0.2, 0.25) is 0 Å². The van der Waals surface area contributed by atoms with Gasteiger partial charge in [0.05, 0.1) is 5.56 Å². The first-order valence-electron chi connectivity index (χ1n) is 3.79. The molecule has 14 heavy (non-hydrogen) atoms. The Morgan fingerprint density at radius 3 is 2.21 bits per heavy atom. The molecule has 0 aromatic heterocycles. The van der Waals surface area contributed by atoms with Gasteiger partial charge in [-0.2, -0.15) is 0 Å². The minimum absolute atomic E-state index is 0.375. The normalized spacial score (nSPS) is 10.0. The molecule has 74 valence electrons. The summed E-state index contributed by atoms with van der Waals surface area (Å²) in [6.45, 7) is 4.29. The van der Waals surface area contributed by atoms with Gasteiger partial charge in [-0.25, -0.2) is 13.2 Å². The van der Waals surface area contributed by atoms with E-state index in [0.717, 1.165) is 13.0 Å². The number of allylic oxidation sites excluding steroid dienone is 1. The lowest BCUT2D eigenvalue weighted by Gasteiger charge is -2.05. The second-order valence-corrected chi connectivity index (χ2v) is 2.75. The highest BCUT2D eigenvalue weighted by molar-refractivity contribution is 6.18. The Balaban J connectivity index is 3.40. The minimum Gasteiger partial charge on any atom is -0.295 e. The van der Waals surface area contributed by atoms with Crippen LogP contribution in [0.25, 0.3) is 5.57 Å². The van der Waals surface area contributed by atoms with E-state index in [1.54, 1.807) is 0 Å². The second-order valence-electron chi connectivity index (χ2n) is 2.75. The van der Waals surface area contributed by atoms with Crippen LogP contribution in [0.3, 0.4) is 0 Å².